The number of fused-ring (bicyclic) bond motifs is 1. The Hall–Kier alpha value is -2.43. The predicted octanol–water partition coefficient (Wildman–Crippen LogP) is 3.64. The van der Waals surface area contributed by atoms with Crippen LogP contribution in [0.1, 0.15) is 37.0 Å². The van der Waals surface area contributed by atoms with E-state index < -0.39 is 0 Å². The zero-order chi connectivity index (χ0) is 15.7. The van der Waals surface area contributed by atoms with Crippen LogP contribution in [-0.4, -0.2) is 19.7 Å². The Kier molecular flexibility index (Phi) is 3.79. The highest BCUT2D eigenvalue weighted by atomic mass is 15.3. The minimum Gasteiger partial charge on any atom is -0.362 e. The van der Waals surface area contributed by atoms with Crippen LogP contribution in [0.2, 0.25) is 0 Å². The summed E-state index contributed by atoms with van der Waals surface area (Å²) in [7, 11) is 0. The summed E-state index contributed by atoms with van der Waals surface area (Å²) in [5.74, 6) is 1.61. The zero-order valence-electron chi connectivity index (χ0n) is 13.5. The van der Waals surface area contributed by atoms with Crippen LogP contribution in [0.15, 0.2) is 30.3 Å². The molecule has 3 aromatic rings. The fourth-order valence-electron chi connectivity index (χ4n) is 2.70. The summed E-state index contributed by atoms with van der Waals surface area (Å²) in [5.41, 5.74) is 4.08. The molecule has 2 aromatic heterocycles. The largest absolute Gasteiger partial charge is 0.362 e. The molecule has 0 saturated carbocycles. The summed E-state index contributed by atoms with van der Waals surface area (Å²) in [4.78, 5) is 9.16. The lowest BCUT2D eigenvalue weighted by Crippen LogP contribution is -2.11. The second kappa shape index (κ2) is 5.75. The van der Waals surface area contributed by atoms with Crippen LogP contribution in [0.3, 0.4) is 0 Å². The molecule has 0 aliphatic carbocycles. The summed E-state index contributed by atoms with van der Waals surface area (Å²) in [6, 6.07) is 10.5. The van der Waals surface area contributed by atoms with E-state index in [4.69, 9.17) is 0 Å². The quantitative estimate of drug-likeness (QED) is 0.798. The molecule has 1 atom stereocenters. The molecule has 22 heavy (non-hydrogen) atoms. The molecule has 0 saturated heterocycles. The van der Waals surface area contributed by atoms with Crippen molar-refractivity contribution in [3.05, 3.63) is 47.4 Å². The normalized spacial score (nSPS) is 12.5. The lowest BCUT2D eigenvalue weighted by molar-refractivity contribution is 0.675. The van der Waals surface area contributed by atoms with Crippen LogP contribution in [0.25, 0.3) is 11.0 Å². The van der Waals surface area contributed by atoms with Gasteiger partial charge in [0.15, 0.2) is 5.82 Å². The van der Waals surface area contributed by atoms with Gasteiger partial charge in [0.2, 0.25) is 0 Å². The molecule has 1 N–H and O–H groups in total. The summed E-state index contributed by atoms with van der Waals surface area (Å²) in [5, 5.41) is 8.08. The van der Waals surface area contributed by atoms with E-state index in [0.717, 1.165) is 34.9 Å². The number of nitrogens with zero attached hydrogens (tertiary/aromatic N) is 4. The lowest BCUT2D eigenvalue weighted by Gasteiger charge is -2.16. The molecule has 0 fully saturated rings. The number of rotatable bonds is 4. The zero-order valence-corrected chi connectivity index (χ0v) is 13.5. The van der Waals surface area contributed by atoms with Crippen LogP contribution in [0.4, 0.5) is 5.82 Å². The maximum absolute atomic E-state index is 4.61. The standard InChI is InChI=1S/C17H21N5/c1-5-22-16-15(12(3)21-22)19-13(4)20-17(16)18-11(2)14-9-7-6-8-10-14/h6-11H,5H2,1-4H3,(H,18,19,20). The molecule has 1 aromatic carbocycles. The number of aryl methyl sites for hydroxylation is 3. The first-order chi connectivity index (χ1) is 10.6. The Balaban J connectivity index is 2.06. The highest BCUT2D eigenvalue weighted by molar-refractivity contribution is 5.87. The van der Waals surface area contributed by atoms with Gasteiger partial charge in [0.05, 0.1) is 11.7 Å². The first-order valence-electron chi connectivity index (χ1n) is 7.63. The molecule has 114 valence electrons. The number of hydrogen-bond acceptors (Lipinski definition) is 4. The third-order valence-electron chi connectivity index (χ3n) is 3.82. The van der Waals surface area contributed by atoms with Crippen molar-refractivity contribution < 1.29 is 0 Å². The van der Waals surface area contributed by atoms with Crippen molar-refractivity contribution in [2.75, 3.05) is 5.32 Å². The van der Waals surface area contributed by atoms with E-state index in [1.54, 1.807) is 0 Å². The fraction of sp³-hybridized carbons (Fsp3) is 0.353. The average Bonchev–Trinajstić information content (AvgIpc) is 2.84. The maximum Gasteiger partial charge on any atom is 0.156 e. The molecule has 2 heterocycles. The molecule has 3 rings (SSSR count). The molecule has 0 aliphatic rings. The summed E-state index contributed by atoms with van der Waals surface area (Å²) in [6.45, 7) is 8.92. The van der Waals surface area contributed by atoms with E-state index in [1.165, 1.54) is 5.56 Å². The minimum atomic E-state index is 0.166. The number of benzene rings is 1. The molecule has 0 bridgehead atoms. The van der Waals surface area contributed by atoms with Crippen molar-refractivity contribution in [1.82, 2.24) is 19.7 Å². The van der Waals surface area contributed by atoms with E-state index in [0.29, 0.717) is 0 Å². The predicted molar refractivity (Wildman–Crippen MR) is 89.0 cm³/mol. The molecular weight excluding hydrogens is 274 g/mol. The number of aromatic nitrogens is 4. The highest BCUT2D eigenvalue weighted by Gasteiger charge is 2.16. The molecule has 5 heteroatoms. The fourth-order valence-corrected chi connectivity index (χ4v) is 2.70. The van der Waals surface area contributed by atoms with Gasteiger partial charge in [0, 0.05) is 6.54 Å². The summed E-state index contributed by atoms with van der Waals surface area (Å²) < 4.78 is 1.96. The van der Waals surface area contributed by atoms with E-state index >= 15 is 0 Å². The monoisotopic (exact) mass is 295 g/mol. The van der Waals surface area contributed by atoms with Gasteiger partial charge in [-0.2, -0.15) is 5.10 Å². The molecule has 0 aliphatic heterocycles. The molecule has 0 radical (unpaired) electrons. The van der Waals surface area contributed by atoms with E-state index in [2.05, 4.69) is 58.5 Å². The molecule has 0 spiro atoms. The van der Waals surface area contributed by atoms with Gasteiger partial charge >= 0.3 is 0 Å². The third kappa shape index (κ3) is 2.54. The lowest BCUT2D eigenvalue weighted by atomic mass is 10.1. The van der Waals surface area contributed by atoms with Crippen molar-refractivity contribution in [2.24, 2.45) is 0 Å². The minimum absolute atomic E-state index is 0.166. The van der Waals surface area contributed by atoms with E-state index in [1.807, 2.05) is 24.6 Å². The molecule has 1 unspecified atom stereocenters. The van der Waals surface area contributed by atoms with Crippen LogP contribution < -0.4 is 5.32 Å². The van der Waals surface area contributed by atoms with Crippen molar-refractivity contribution >= 4 is 16.9 Å². The van der Waals surface area contributed by atoms with Gasteiger partial charge in [-0.3, -0.25) is 4.68 Å². The Bertz CT molecular complexity index is 792. The Morgan fingerprint density at radius 1 is 1.14 bits per heavy atom. The van der Waals surface area contributed by atoms with Crippen LogP contribution in [0.5, 0.6) is 0 Å². The average molecular weight is 295 g/mol. The molecule has 0 amide bonds. The second-order valence-electron chi connectivity index (χ2n) is 5.49. The molecular formula is C17H21N5. The summed E-state index contributed by atoms with van der Waals surface area (Å²) in [6.07, 6.45) is 0. The maximum atomic E-state index is 4.61. The van der Waals surface area contributed by atoms with Gasteiger partial charge in [-0.05, 0) is 33.3 Å². The van der Waals surface area contributed by atoms with Gasteiger partial charge in [0.1, 0.15) is 16.9 Å². The topological polar surface area (TPSA) is 55.6 Å². The van der Waals surface area contributed by atoms with Crippen LogP contribution >= 0.6 is 0 Å². The van der Waals surface area contributed by atoms with E-state index in [9.17, 15) is 0 Å². The van der Waals surface area contributed by atoms with Gasteiger partial charge < -0.3 is 5.32 Å². The number of nitrogens with one attached hydrogen (secondary N) is 1. The first-order valence-corrected chi connectivity index (χ1v) is 7.63. The Morgan fingerprint density at radius 2 is 1.86 bits per heavy atom. The SMILES string of the molecule is CCn1nc(C)c2nc(C)nc(NC(C)c3ccccc3)c21. The van der Waals surface area contributed by atoms with Crippen molar-refractivity contribution in [3.63, 3.8) is 0 Å². The van der Waals surface area contributed by atoms with Crippen molar-refractivity contribution in [1.29, 1.82) is 0 Å². The first kappa shape index (κ1) is 14.5. The smallest absolute Gasteiger partial charge is 0.156 e. The number of hydrogen-bond donors (Lipinski definition) is 1. The van der Waals surface area contributed by atoms with Crippen molar-refractivity contribution in [3.8, 4) is 0 Å². The molecule has 5 nitrogen and oxygen atoms in total. The Labute approximate surface area is 130 Å². The third-order valence-corrected chi connectivity index (χ3v) is 3.82. The van der Waals surface area contributed by atoms with Gasteiger partial charge in [-0.25, -0.2) is 9.97 Å². The second-order valence-corrected chi connectivity index (χ2v) is 5.49. The summed E-state index contributed by atoms with van der Waals surface area (Å²) >= 11 is 0. The van der Waals surface area contributed by atoms with Crippen LogP contribution in [-0.2, 0) is 6.54 Å². The number of anilines is 1. The van der Waals surface area contributed by atoms with E-state index in [-0.39, 0.29) is 6.04 Å². The van der Waals surface area contributed by atoms with Gasteiger partial charge in [-0.15, -0.1) is 0 Å². The van der Waals surface area contributed by atoms with Crippen molar-refractivity contribution in [2.45, 2.75) is 40.3 Å². The van der Waals surface area contributed by atoms with Crippen LogP contribution in [0, 0.1) is 13.8 Å². The van der Waals surface area contributed by atoms with Gasteiger partial charge in [-0.1, -0.05) is 30.3 Å². The Morgan fingerprint density at radius 3 is 2.55 bits per heavy atom. The van der Waals surface area contributed by atoms with Gasteiger partial charge in [0.25, 0.3) is 0 Å². The highest BCUT2D eigenvalue weighted by Crippen LogP contribution is 2.26.